The minimum absolute atomic E-state index is 0.510. The van der Waals surface area contributed by atoms with E-state index in [1.807, 2.05) is 0 Å². The van der Waals surface area contributed by atoms with Crippen molar-refractivity contribution in [3.63, 3.8) is 0 Å². The summed E-state index contributed by atoms with van der Waals surface area (Å²) in [7, 11) is 0. The third-order valence-electron chi connectivity index (χ3n) is 0.748. The van der Waals surface area contributed by atoms with Crippen molar-refractivity contribution in [2.45, 2.75) is 5.92 Å². The number of hydrogen-bond donors (Lipinski definition) is 0. The van der Waals surface area contributed by atoms with Crippen LogP contribution >= 0.6 is 0 Å². The quantitative estimate of drug-likeness (QED) is 0.461. The van der Waals surface area contributed by atoms with Gasteiger partial charge in [-0.25, -0.2) is 0 Å². The molecule has 1 aliphatic rings. The first kappa shape index (κ1) is 5.34. The molecule has 0 atom stereocenters. The standard InChI is InChI=1S/C4H4F2N2/c5-4(6)1-2-7-8-3-4/h1-2H,3H2. The van der Waals surface area contributed by atoms with E-state index in [9.17, 15) is 8.78 Å². The normalized spacial score (nSPS) is 23.8. The van der Waals surface area contributed by atoms with E-state index in [1.165, 1.54) is 0 Å². The molecule has 0 aromatic heterocycles. The summed E-state index contributed by atoms with van der Waals surface area (Å²) in [5, 5.41) is 6.36. The first-order chi connectivity index (χ1) is 3.71. The van der Waals surface area contributed by atoms with Crippen molar-refractivity contribution in [3.8, 4) is 0 Å². The average molecular weight is 118 g/mol. The molecule has 0 radical (unpaired) electrons. The van der Waals surface area contributed by atoms with Crippen LogP contribution in [0.5, 0.6) is 0 Å². The van der Waals surface area contributed by atoms with Crippen LogP contribution in [-0.4, -0.2) is 12.5 Å². The molecule has 2 nitrogen and oxygen atoms in total. The monoisotopic (exact) mass is 118 g/mol. The fourth-order valence-corrected chi connectivity index (χ4v) is 0.377. The largest absolute Gasteiger partial charge is 0.289 e. The molecule has 0 spiro atoms. The third kappa shape index (κ3) is 1.08. The van der Waals surface area contributed by atoms with E-state index in [1.54, 1.807) is 0 Å². The maximum Gasteiger partial charge on any atom is 0.289 e. The van der Waals surface area contributed by atoms with Crippen molar-refractivity contribution in [2.75, 3.05) is 6.54 Å². The van der Waals surface area contributed by atoms with Crippen molar-refractivity contribution in [1.82, 2.24) is 0 Å². The zero-order valence-electron chi connectivity index (χ0n) is 4.01. The summed E-state index contributed by atoms with van der Waals surface area (Å²) in [4.78, 5) is 0. The molecule has 8 heavy (non-hydrogen) atoms. The molecule has 44 valence electrons. The Hall–Kier alpha value is -0.800. The summed E-state index contributed by atoms with van der Waals surface area (Å²) in [6.45, 7) is -0.510. The summed E-state index contributed by atoms with van der Waals surface area (Å²) in [5.74, 6) is -2.76. The lowest BCUT2D eigenvalue weighted by Crippen LogP contribution is -2.17. The molecule has 4 heteroatoms. The van der Waals surface area contributed by atoms with Crippen molar-refractivity contribution < 1.29 is 8.78 Å². The van der Waals surface area contributed by atoms with Gasteiger partial charge in [-0.1, -0.05) is 0 Å². The fourth-order valence-electron chi connectivity index (χ4n) is 0.377. The first-order valence-corrected chi connectivity index (χ1v) is 2.13. The number of halogens is 2. The Bertz CT molecular complexity index is 139. The van der Waals surface area contributed by atoms with Crippen molar-refractivity contribution in [1.29, 1.82) is 0 Å². The molecule has 0 aromatic rings. The van der Waals surface area contributed by atoms with Gasteiger partial charge < -0.3 is 0 Å². The molecule has 0 fully saturated rings. The molecule has 0 saturated heterocycles. The number of alkyl halides is 2. The lowest BCUT2D eigenvalue weighted by atomic mass is 10.3. The van der Waals surface area contributed by atoms with E-state index in [4.69, 9.17) is 0 Å². The molecule has 0 aromatic carbocycles. The summed E-state index contributed by atoms with van der Waals surface area (Å²) in [6.07, 6.45) is 1.74. The van der Waals surface area contributed by atoms with E-state index < -0.39 is 12.5 Å². The fraction of sp³-hybridized carbons (Fsp3) is 0.500. The predicted octanol–water partition coefficient (Wildman–Crippen LogP) is 1.60. The molecule has 0 unspecified atom stereocenters. The second-order valence-electron chi connectivity index (χ2n) is 1.49. The van der Waals surface area contributed by atoms with E-state index in [2.05, 4.69) is 10.2 Å². The summed E-state index contributed by atoms with van der Waals surface area (Å²) < 4.78 is 23.9. The van der Waals surface area contributed by atoms with Crippen molar-refractivity contribution in [2.24, 2.45) is 10.2 Å². The SMILES string of the molecule is FC1(F)C=CN=NC1. The Morgan fingerprint density at radius 2 is 2.25 bits per heavy atom. The van der Waals surface area contributed by atoms with E-state index in [0.29, 0.717) is 0 Å². The first-order valence-electron chi connectivity index (χ1n) is 2.13. The van der Waals surface area contributed by atoms with Crippen LogP contribution in [0.2, 0.25) is 0 Å². The van der Waals surface area contributed by atoms with Gasteiger partial charge in [0.2, 0.25) is 0 Å². The van der Waals surface area contributed by atoms with Crippen LogP contribution in [0.15, 0.2) is 22.5 Å². The van der Waals surface area contributed by atoms with Gasteiger partial charge in [0.1, 0.15) is 6.54 Å². The topological polar surface area (TPSA) is 24.7 Å². The highest BCUT2D eigenvalue weighted by atomic mass is 19.3. The molecule has 0 amide bonds. The van der Waals surface area contributed by atoms with Gasteiger partial charge in [0.15, 0.2) is 0 Å². The van der Waals surface area contributed by atoms with Crippen molar-refractivity contribution in [3.05, 3.63) is 12.3 Å². The second kappa shape index (κ2) is 1.61. The smallest absolute Gasteiger partial charge is 0.200 e. The number of hydrogen-bond acceptors (Lipinski definition) is 2. The van der Waals surface area contributed by atoms with Crippen LogP contribution in [0.3, 0.4) is 0 Å². The Balaban J connectivity index is 2.65. The lowest BCUT2D eigenvalue weighted by molar-refractivity contribution is 0.0612. The molecule has 1 rings (SSSR count). The van der Waals surface area contributed by atoms with Crippen LogP contribution < -0.4 is 0 Å². The highest BCUT2D eigenvalue weighted by Gasteiger charge is 2.25. The predicted molar refractivity (Wildman–Crippen MR) is 23.8 cm³/mol. The minimum Gasteiger partial charge on any atom is -0.200 e. The van der Waals surface area contributed by atoms with Gasteiger partial charge in [-0.2, -0.15) is 19.0 Å². The average Bonchev–Trinajstić information content (AvgIpc) is 1.65. The van der Waals surface area contributed by atoms with Gasteiger partial charge in [-0.15, -0.1) is 0 Å². The molecular formula is C4H4F2N2. The second-order valence-corrected chi connectivity index (χ2v) is 1.49. The molecule has 0 bridgehead atoms. The summed E-state index contributed by atoms with van der Waals surface area (Å²) >= 11 is 0. The van der Waals surface area contributed by atoms with Crippen LogP contribution in [0.1, 0.15) is 0 Å². The molecule has 0 saturated carbocycles. The Morgan fingerprint density at radius 3 is 2.50 bits per heavy atom. The molecule has 0 N–H and O–H groups in total. The molecule has 0 aliphatic carbocycles. The van der Waals surface area contributed by atoms with Gasteiger partial charge in [-0.3, -0.25) is 0 Å². The number of azo groups is 1. The summed E-state index contributed by atoms with van der Waals surface area (Å²) in [5.41, 5.74) is 0. The van der Waals surface area contributed by atoms with E-state index in [-0.39, 0.29) is 0 Å². The van der Waals surface area contributed by atoms with E-state index >= 15 is 0 Å². The molecule has 1 aliphatic heterocycles. The zero-order valence-corrected chi connectivity index (χ0v) is 4.01. The van der Waals surface area contributed by atoms with Crippen LogP contribution in [0.25, 0.3) is 0 Å². The molecule has 1 heterocycles. The lowest BCUT2D eigenvalue weighted by Gasteiger charge is -2.07. The highest BCUT2D eigenvalue weighted by molar-refractivity contribution is 4.97. The van der Waals surface area contributed by atoms with Gasteiger partial charge in [-0.05, 0) is 0 Å². The van der Waals surface area contributed by atoms with Gasteiger partial charge in [0, 0.05) is 6.08 Å². The Morgan fingerprint density at radius 1 is 1.50 bits per heavy atom. The maximum atomic E-state index is 12.0. The van der Waals surface area contributed by atoms with Gasteiger partial charge >= 0.3 is 0 Å². The van der Waals surface area contributed by atoms with Gasteiger partial charge in [0.05, 0.1) is 6.20 Å². The summed E-state index contributed by atoms with van der Waals surface area (Å²) in [6, 6.07) is 0. The third-order valence-corrected chi connectivity index (χ3v) is 0.748. The van der Waals surface area contributed by atoms with Crippen LogP contribution in [-0.2, 0) is 0 Å². The zero-order chi connectivity index (χ0) is 6.04. The van der Waals surface area contributed by atoms with E-state index in [0.717, 1.165) is 12.3 Å². The number of rotatable bonds is 0. The molecular weight excluding hydrogens is 114 g/mol. The van der Waals surface area contributed by atoms with Crippen LogP contribution in [0.4, 0.5) is 8.78 Å². The minimum atomic E-state index is -2.76. The number of nitrogens with zero attached hydrogens (tertiary/aromatic N) is 2. The van der Waals surface area contributed by atoms with Gasteiger partial charge in [0.25, 0.3) is 5.92 Å². The van der Waals surface area contributed by atoms with Crippen LogP contribution in [0, 0.1) is 0 Å². The highest BCUT2D eigenvalue weighted by Crippen LogP contribution is 2.18. The Kier molecular flexibility index (Phi) is 1.08. The van der Waals surface area contributed by atoms with Crippen molar-refractivity contribution >= 4 is 0 Å². The Labute approximate surface area is 44.9 Å². The maximum absolute atomic E-state index is 12.0.